The van der Waals surface area contributed by atoms with E-state index in [-0.39, 0.29) is 19.5 Å². The maximum absolute atomic E-state index is 11.5. The molecule has 1 rings (SSSR count). The molecular formula is C13H17N3O4. The van der Waals surface area contributed by atoms with Gasteiger partial charge in [-0.15, -0.1) is 0 Å². The SMILES string of the molecule is NCC(=O)NCC(=O)N[C@H](Cc1ccccc1)C(=O)O. The van der Waals surface area contributed by atoms with Crippen LogP contribution in [0.4, 0.5) is 0 Å². The number of nitrogens with one attached hydrogen (secondary N) is 2. The Bertz CT molecular complexity index is 476. The lowest BCUT2D eigenvalue weighted by atomic mass is 10.1. The largest absolute Gasteiger partial charge is 0.480 e. The molecule has 20 heavy (non-hydrogen) atoms. The molecule has 0 bridgehead atoms. The Kier molecular flexibility index (Phi) is 6.18. The Balaban J connectivity index is 2.53. The average molecular weight is 279 g/mol. The summed E-state index contributed by atoms with van der Waals surface area (Å²) in [6.45, 7) is -0.520. The van der Waals surface area contributed by atoms with E-state index in [4.69, 9.17) is 10.8 Å². The van der Waals surface area contributed by atoms with Crippen LogP contribution in [0.5, 0.6) is 0 Å². The van der Waals surface area contributed by atoms with Crippen LogP contribution in [0.25, 0.3) is 0 Å². The lowest BCUT2D eigenvalue weighted by Crippen LogP contribution is -2.47. The Labute approximate surface area is 116 Å². The van der Waals surface area contributed by atoms with Gasteiger partial charge in [-0.05, 0) is 5.56 Å². The molecule has 108 valence electrons. The molecule has 1 aromatic carbocycles. The van der Waals surface area contributed by atoms with Crippen LogP contribution in [0, 0.1) is 0 Å². The monoisotopic (exact) mass is 279 g/mol. The van der Waals surface area contributed by atoms with Gasteiger partial charge < -0.3 is 21.5 Å². The van der Waals surface area contributed by atoms with Crippen LogP contribution >= 0.6 is 0 Å². The van der Waals surface area contributed by atoms with Crippen molar-refractivity contribution in [1.82, 2.24) is 10.6 Å². The predicted octanol–water partition coefficient (Wildman–Crippen LogP) is -1.13. The molecule has 0 saturated carbocycles. The molecule has 0 aliphatic rings. The van der Waals surface area contributed by atoms with E-state index < -0.39 is 23.8 Å². The maximum atomic E-state index is 11.5. The third kappa shape index (κ3) is 5.49. The number of carboxylic acids is 1. The molecule has 0 radical (unpaired) electrons. The second-order valence-corrected chi connectivity index (χ2v) is 4.13. The zero-order valence-corrected chi connectivity index (χ0v) is 10.8. The van der Waals surface area contributed by atoms with Crippen molar-refractivity contribution in [3.8, 4) is 0 Å². The van der Waals surface area contributed by atoms with Gasteiger partial charge in [0.25, 0.3) is 0 Å². The van der Waals surface area contributed by atoms with E-state index in [2.05, 4.69) is 10.6 Å². The fourth-order valence-corrected chi connectivity index (χ4v) is 1.55. The summed E-state index contributed by atoms with van der Waals surface area (Å²) < 4.78 is 0. The molecule has 0 aliphatic carbocycles. The first kappa shape index (κ1) is 15.6. The zero-order valence-electron chi connectivity index (χ0n) is 10.8. The molecule has 2 amide bonds. The summed E-state index contributed by atoms with van der Waals surface area (Å²) in [6, 6.07) is 7.91. The van der Waals surface area contributed by atoms with Crippen molar-refractivity contribution in [2.75, 3.05) is 13.1 Å². The molecule has 0 heterocycles. The second kappa shape index (κ2) is 7.90. The zero-order chi connectivity index (χ0) is 15.0. The molecule has 7 nitrogen and oxygen atoms in total. The third-order valence-corrected chi connectivity index (χ3v) is 2.55. The van der Waals surface area contributed by atoms with Gasteiger partial charge in [0.2, 0.25) is 11.8 Å². The van der Waals surface area contributed by atoms with Gasteiger partial charge in [0, 0.05) is 6.42 Å². The molecular weight excluding hydrogens is 262 g/mol. The second-order valence-electron chi connectivity index (χ2n) is 4.13. The van der Waals surface area contributed by atoms with Gasteiger partial charge in [-0.25, -0.2) is 4.79 Å². The lowest BCUT2D eigenvalue weighted by molar-refractivity contribution is -0.141. The Morgan fingerprint density at radius 3 is 2.35 bits per heavy atom. The van der Waals surface area contributed by atoms with Crippen molar-refractivity contribution in [1.29, 1.82) is 0 Å². The summed E-state index contributed by atoms with van der Waals surface area (Å²) in [4.78, 5) is 33.5. The van der Waals surface area contributed by atoms with Crippen molar-refractivity contribution < 1.29 is 19.5 Å². The lowest BCUT2D eigenvalue weighted by Gasteiger charge is -2.14. The first-order valence-electron chi connectivity index (χ1n) is 6.05. The number of rotatable bonds is 7. The van der Waals surface area contributed by atoms with E-state index >= 15 is 0 Å². The average Bonchev–Trinajstić information content (AvgIpc) is 2.45. The quantitative estimate of drug-likeness (QED) is 0.503. The number of aliphatic carboxylic acids is 1. The van der Waals surface area contributed by atoms with Gasteiger partial charge in [-0.3, -0.25) is 9.59 Å². The highest BCUT2D eigenvalue weighted by Crippen LogP contribution is 2.03. The molecule has 0 saturated heterocycles. The molecule has 5 N–H and O–H groups in total. The van der Waals surface area contributed by atoms with Crippen molar-refractivity contribution in [2.45, 2.75) is 12.5 Å². The third-order valence-electron chi connectivity index (χ3n) is 2.55. The van der Waals surface area contributed by atoms with E-state index in [0.717, 1.165) is 5.56 Å². The van der Waals surface area contributed by atoms with E-state index in [1.807, 2.05) is 6.07 Å². The Hall–Kier alpha value is -2.41. The number of hydrogen-bond acceptors (Lipinski definition) is 4. The predicted molar refractivity (Wildman–Crippen MR) is 71.8 cm³/mol. The van der Waals surface area contributed by atoms with Crippen LogP contribution in [-0.4, -0.2) is 42.0 Å². The van der Waals surface area contributed by atoms with Crippen molar-refractivity contribution in [3.63, 3.8) is 0 Å². The summed E-state index contributed by atoms with van der Waals surface area (Å²) >= 11 is 0. The van der Waals surface area contributed by atoms with Crippen molar-refractivity contribution in [3.05, 3.63) is 35.9 Å². The van der Waals surface area contributed by atoms with Gasteiger partial charge in [-0.2, -0.15) is 0 Å². The van der Waals surface area contributed by atoms with Gasteiger partial charge >= 0.3 is 5.97 Å². The number of amides is 2. The molecule has 0 aromatic heterocycles. The first-order chi connectivity index (χ1) is 9.52. The Morgan fingerprint density at radius 1 is 1.15 bits per heavy atom. The topological polar surface area (TPSA) is 122 Å². The number of carbonyl (C=O) groups excluding carboxylic acids is 2. The van der Waals surface area contributed by atoms with Crippen LogP contribution in [0.15, 0.2) is 30.3 Å². The minimum atomic E-state index is -1.13. The maximum Gasteiger partial charge on any atom is 0.326 e. The standard InChI is InChI=1S/C13H17N3O4/c14-7-11(17)15-8-12(18)16-10(13(19)20)6-9-4-2-1-3-5-9/h1-5,10H,6-8,14H2,(H,15,17)(H,16,18)(H,19,20)/t10-/m1/s1. The molecule has 1 atom stereocenters. The highest BCUT2D eigenvalue weighted by molar-refractivity contribution is 5.88. The summed E-state index contributed by atoms with van der Waals surface area (Å²) in [5.74, 6) is -2.18. The number of hydrogen-bond donors (Lipinski definition) is 4. The minimum absolute atomic E-state index is 0.173. The highest BCUT2D eigenvalue weighted by Gasteiger charge is 2.20. The van der Waals surface area contributed by atoms with E-state index in [1.54, 1.807) is 24.3 Å². The highest BCUT2D eigenvalue weighted by atomic mass is 16.4. The normalized spacial score (nSPS) is 11.4. The van der Waals surface area contributed by atoms with Gasteiger partial charge in [0.05, 0.1) is 13.1 Å². The molecule has 0 spiro atoms. The van der Waals surface area contributed by atoms with Crippen LogP contribution < -0.4 is 16.4 Å². The van der Waals surface area contributed by atoms with Crippen LogP contribution in [0.1, 0.15) is 5.56 Å². The van der Waals surface area contributed by atoms with Crippen LogP contribution in [0.2, 0.25) is 0 Å². The van der Waals surface area contributed by atoms with Crippen molar-refractivity contribution >= 4 is 17.8 Å². The number of carbonyl (C=O) groups is 3. The van der Waals surface area contributed by atoms with Crippen LogP contribution in [-0.2, 0) is 20.8 Å². The van der Waals surface area contributed by atoms with E-state index in [1.165, 1.54) is 0 Å². The Morgan fingerprint density at radius 2 is 1.80 bits per heavy atom. The van der Waals surface area contributed by atoms with Gasteiger partial charge in [-0.1, -0.05) is 30.3 Å². The smallest absolute Gasteiger partial charge is 0.326 e. The molecule has 7 heteroatoms. The molecule has 0 unspecified atom stereocenters. The molecule has 1 aromatic rings. The fourth-order valence-electron chi connectivity index (χ4n) is 1.55. The van der Waals surface area contributed by atoms with E-state index in [9.17, 15) is 14.4 Å². The fraction of sp³-hybridized carbons (Fsp3) is 0.308. The number of nitrogens with two attached hydrogens (primary N) is 1. The summed E-state index contributed by atoms with van der Waals surface area (Å²) in [7, 11) is 0. The first-order valence-corrected chi connectivity index (χ1v) is 6.05. The summed E-state index contributed by atoms with van der Waals surface area (Å²) in [5.41, 5.74) is 5.87. The summed E-state index contributed by atoms with van der Waals surface area (Å²) in [5, 5.41) is 13.7. The van der Waals surface area contributed by atoms with E-state index in [0.29, 0.717) is 0 Å². The van der Waals surface area contributed by atoms with Gasteiger partial charge in [0.1, 0.15) is 6.04 Å². The minimum Gasteiger partial charge on any atom is -0.480 e. The van der Waals surface area contributed by atoms with Crippen LogP contribution in [0.3, 0.4) is 0 Å². The summed E-state index contributed by atoms with van der Waals surface area (Å²) in [6.07, 6.45) is 0.173. The molecule has 0 aliphatic heterocycles. The molecule has 0 fully saturated rings. The van der Waals surface area contributed by atoms with Gasteiger partial charge in [0.15, 0.2) is 0 Å². The van der Waals surface area contributed by atoms with Crippen molar-refractivity contribution in [2.24, 2.45) is 5.73 Å². The number of carboxylic acid groups (broad SMARTS) is 1. The number of benzene rings is 1.